The largest absolute Gasteiger partial charge is 0.462 e. The van der Waals surface area contributed by atoms with Gasteiger partial charge in [-0.3, -0.25) is 10.1 Å². The average molecular weight is 207 g/mol. The first kappa shape index (κ1) is 9.67. The molecule has 1 heterocycles. The summed E-state index contributed by atoms with van der Waals surface area (Å²) in [5, 5.41) is 20.2. The Labute approximate surface area is 85.8 Å². The minimum absolute atomic E-state index is 0.0519. The fraction of sp³-hybridized carbons (Fsp3) is 0.200. The standard InChI is InChI=1S/C10H9NO4/c1-6-4-9(12)8-5-7(11(13)14)2-3-10(8)15-6/h2-3,5,9,12H,1,4H2. The van der Waals surface area contributed by atoms with Crippen molar-refractivity contribution in [3.05, 3.63) is 46.2 Å². The molecule has 1 aliphatic rings. The molecule has 5 nitrogen and oxygen atoms in total. The van der Waals surface area contributed by atoms with E-state index in [1.54, 1.807) is 0 Å². The van der Waals surface area contributed by atoms with E-state index in [4.69, 9.17) is 4.74 Å². The van der Waals surface area contributed by atoms with Gasteiger partial charge in [0.1, 0.15) is 5.75 Å². The second kappa shape index (κ2) is 3.36. The number of hydrogen-bond acceptors (Lipinski definition) is 4. The van der Waals surface area contributed by atoms with Crippen LogP contribution < -0.4 is 4.74 Å². The molecule has 1 aliphatic heterocycles. The summed E-state index contributed by atoms with van der Waals surface area (Å²) in [5.41, 5.74) is 0.389. The Balaban J connectivity index is 2.48. The fourth-order valence-electron chi connectivity index (χ4n) is 1.53. The highest BCUT2D eigenvalue weighted by molar-refractivity contribution is 5.47. The van der Waals surface area contributed by atoms with Crippen LogP contribution in [0.25, 0.3) is 0 Å². The van der Waals surface area contributed by atoms with Gasteiger partial charge in [0, 0.05) is 24.1 Å². The zero-order chi connectivity index (χ0) is 11.0. The third-order valence-electron chi connectivity index (χ3n) is 2.24. The highest BCUT2D eigenvalue weighted by Crippen LogP contribution is 2.37. The van der Waals surface area contributed by atoms with Gasteiger partial charge in [0.05, 0.1) is 16.8 Å². The quantitative estimate of drug-likeness (QED) is 0.564. The number of aliphatic hydroxyl groups excluding tert-OH is 1. The number of benzene rings is 1. The predicted octanol–water partition coefficient (Wildman–Crippen LogP) is 1.92. The lowest BCUT2D eigenvalue weighted by atomic mass is 10.0. The summed E-state index contributed by atoms with van der Waals surface area (Å²) in [7, 11) is 0. The van der Waals surface area contributed by atoms with Crippen molar-refractivity contribution in [1.29, 1.82) is 0 Å². The van der Waals surface area contributed by atoms with Crippen molar-refractivity contribution in [2.45, 2.75) is 12.5 Å². The Morgan fingerprint density at radius 2 is 2.33 bits per heavy atom. The van der Waals surface area contributed by atoms with Gasteiger partial charge in [-0.25, -0.2) is 0 Å². The predicted molar refractivity (Wildman–Crippen MR) is 52.4 cm³/mol. The van der Waals surface area contributed by atoms with E-state index in [9.17, 15) is 15.2 Å². The molecule has 1 N–H and O–H groups in total. The minimum Gasteiger partial charge on any atom is -0.462 e. The molecule has 0 bridgehead atoms. The molecular formula is C10H9NO4. The number of fused-ring (bicyclic) bond motifs is 1. The highest BCUT2D eigenvalue weighted by atomic mass is 16.6. The van der Waals surface area contributed by atoms with Crippen molar-refractivity contribution in [3.63, 3.8) is 0 Å². The molecule has 1 aromatic carbocycles. The summed E-state index contributed by atoms with van der Waals surface area (Å²) in [5.74, 6) is 0.896. The number of hydrogen-bond donors (Lipinski definition) is 1. The monoisotopic (exact) mass is 207 g/mol. The van der Waals surface area contributed by atoms with Gasteiger partial charge in [0.2, 0.25) is 0 Å². The molecule has 0 aliphatic carbocycles. The van der Waals surface area contributed by atoms with Gasteiger partial charge < -0.3 is 9.84 Å². The van der Waals surface area contributed by atoms with Crippen LogP contribution in [0.15, 0.2) is 30.5 Å². The van der Waals surface area contributed by atoms with Crippen LogP contribution in [0.5, 0.6) is 5.75 Å². The van der Waals surface area contributed by atoms with E-state index >= 15 is 0 Å². The van der Waals surface area contributed by atoms with E-state index in [0.717, 1.165) is 0 Å². The molecule has 1 atom stereocenters. The van der Waals surface area contributed by atoms with Crippen molar-refractivity contribution < 1.29 is 14.8 Å². The summed E-state index contributed by atoms with van der Waals surface area (Å²) in [4.78, 5) is 10.0. The van der Waals surface area contributed by atoms with E-state index in [1.807, 2.05) is 0 Å². The maximum absolute atomic E-state index is 10.5. The number of rotatable bonds is 1. The molecule has 78 valence electrons. The van der Waals surface area contributed by atoms with Crippen LogP contribution in [0.3, 0.4) is 0 Å². The van der Waals surface area contributed by atoms with Crippen molar-refractivity contribution in [1.82, 2.24) is 0 Å². The third-order valence-corrected chi connectivity index (χ3v) is 2.24. The highest BCUT2D eigenvalue weighted by Gasteiger charge is 2.24. The van der Waals surface area contributed by atoms with Gasteiger partial charge in [-0.1, -0.05) is 6.58 Å². The smallest absolute Gasteiger partial charge is 0.270 e. The van der Waals surface area contributed by atoms with Gasteiger partial charge >= 0.3 is 0 Å². The molecule has 0 aromatic heterocycles. The summed E-state index contributed by atoms with van der Waals surface area (Å²) < 4.78 is 5.26. The number of ether oxygens (including phenoxy) is 1. The van der Waals surface area contributed by atoms with Gasteiger partial charge in [-0.2, -0.15) is 0 Å². The number of nitro groups is 1. The first-order valence-corrected chi connectivity index (χ1v) is 4.40. The van der Waals surface area contributed by atoms with E-state index in [1.165, 1.54) is 18.2 Å². The van der Waals surface area contributed by atoms with Crippen LogP contribution >= 0.6 is 0 Å². The first-order valence-electron chi connectivity index (χ1n) is 4.40. The molecule has 2 rings (SSSR count). The number of non-ortho nitro benzene ring substituents is 1. The third kappa shape index (κ3) is 1.69. The fourth-order valence-corrected chi connectivity index (χ4v) is 1.53. The van der Waals surface area contributed by atoms with Gasteiger partial charge in [0.25, 0.3) is 5.69 Å². The van der Waals surface area contributed by atoms with E-state index < -0.39 is 11.0 Å². The van der Waals surface area contributed by atoms with Crippen LogP contribution in [-0.4, -0.2) is 10.0 Å². The second-order valence-corrected chi connectivity index (χ2v) is 3.34. The molecule has 0 saturated carbocycles. The summed E-state index contributed by atoms with van der Waals surface area (Å²) in [6, 6.07) is 4.14. The van der Waals surface area contributed by atoms with Gasteiger partial charge in [-0.15, -0.1) is 0 Å². The zero-order valence-corrected chi connectivity index (χ0v) is 7.84. The van der Waals surface area contributed by atoms with Crippen molar-refractivity contribution in [2.75, 3.05) is 0 Å². The summed E-state index contributed by atoms with van der Waals surface area (Å²) >= 11 is 0. The molecule has 0 spiro atoms. The maximum Gasteiger partial charge on any atom is 0.270 e. The SMILES string of the molecule is C=C1CC(O)c2cc([N+](=O)[O-])ccc2O1. The van der Waals surface area contributed by atoms with Crippen LogP contribution in [0.1, 0.15) is 18.1 Å². The second-order valence-electron chi connectivity index (χ2n) is 3.34. The lowest BCUT2D eigenvalue weighted by Gasteiger charge is -2.22. The molecular weight excluding hydrogens is 198 g/mol. The average Bonchev–Trinajstić information content (AvgIpc) is 2.16. The van der Waals surface area contributed by atoms with Crippen molar-refractivity contribution in [2.24, 2.45) is 0 Å². The van der Waals surface area contributed by atoms with Crippen LogP contribution in [0.2, 0.25) is 0 Å². The molecule has 15 heavy (non-hydrogen) atoms. The van der Waals surface area contributed by atoms with Gasteiger partial charge in [-0.05, 0) is 6.07 Å². The molecule has 0 radical (unpaired) electrons. The van der Waals surface area contributed by atoms with E-state index in [2.05, 4.69) is 6.58 Å². The maximum atomic E-state index is 10.5. The van der Waals surface area contributed by atoms with Crippen molar-refractivity contribution >= 4 is 5.69 Å². The van der Waals surface area contributed by atoms with Crippen LogP contribution in [0.4, 0.5) is 5.69 Å². The molecule has 0 saturated heterocycles. The molecule has 0 fully saturated rings. The van der Waals surface area contributed by atoms with Gasteiger partial charge in [0.15, 0.2) is 0 Å². The normalized spacial score (nSPS) is 19.3. The van der Waals surface area contributed by atoms with Crippen LogP contribution in [-0.2, 0) is 0 Å². The zero-order valence-electron chi connectivity index (χ0n) is 7.84. The molecule has 0 amide bonds. The molecule has 1 aromatic rings. The molecule has 5 heteroatoms. The summed E-state index contributed by atoms with van der Waals surface area (Å²) in [6.45, 7) is 3.60. The Morgan fingerprint density at radius 1 is 1.60 bits per heavy atom. The lowest BCUT2D eigenvalue weighted by molar-refractivity contribution is -0.385. The first-order chi connectivity index (χ1) is 7.08. The van der Waals surface area contributed by atoms with E-state index in [-0.39, 0.29) is 12.1 Å². The Morgan fingerprint density at radius 3 is 3.00 bits per heavy atom. The Bertz CT molecular complexity index is 441. The minimum atomic E-state index is -0.777. The Kier molecular flexibility index (Phi) is 2.17. The van der Waals surface area contributed by atoms with Crippen LogP contribution in [0, 0.1) is 10.1 Å². The number of nitrogens with zero attached hydrogens (tertiary/aromatic N) is 1. The number of nitro benzene ring substituents is 1. The topological polar surface area (TPSA) is 72.6 Å². The number of aliphatic hydroxyl groups is 1. The van der Waals surface area contributed by atoms with E-state index in [0.29, 0.717) is 17.1 Å². The van der Waals surface area contributed by atoms with Crippen molar-refractivity contribution in [3.8, 4) is 5.75 Å². The summed E-state index contributed by atoms with van der Waals surface area (Å²) in [6.07, 6.45) is -0.505. The Hall–Kier alpha value is -1.88. The molecule has 1 unspecified atom stereocenters. The lowest BCUT2D eigenvalue weighted by Crippen LogP contribution is -2.11.